The molecule has 7 heteroatoms. The molecule has 5 aliphatic carbocycles. The van der Waals surface area contributed by atoms with E-state index in [1.165, 1.54) is 63.4 Å². The summed E-state index contributed by atoms with van der Waals surface area (Å²) in [5, 5.41) is 13.9. The molecule has 6 nitrogen and oxygen atoms in total. The van der Waals surface area contributed by atoms with Crippen LogP contribution in [0.2, 0.25) is 0 Å². The van der Waals surface area contributed by atoms with Gasteiger partial charge in [-0.15, -0.1) is 0 Å². The number of rotatable bonds is 10. The zero-order chi connectivity index (χ0) is 35.8. The summed E-state index contributed by atoms with van der Waals surface area (Å²) in [5.74, 6) is 3.19. The summed E-state index contributed by atoms with van der Waals surface area (Å²) >= 11 is 0. The fourth-order valence-corrected chi connectivity index (χ4v) is 15.1. The molecule has 6 rings (SSSR count). The van der Waals surface area contributed by atoms with Gasteiger partial charge in [0.15, 0.2) is 9.84 Å². The van der Waals surface area contributed by atoms with Crippen LogP contribution in [0.15, 0.2) is 23.8 Å². The van der Waals surface area contributed by atoms with Crippen LogP contribution in [-0.2, 0) is 14.6 Å². The first-order chi connectivity index (χ1) is 22.7. The van der Waals surface area contributed by atoms with E-state index in [-0.39, 0.29) is 16.4 Å². The summed E-state index contributed by atoms with van der Waals surface area (Å²) in [6.45, 7) is 27.0. The minimum Gasteiger partial charge on any atom is -0.481 e. The molecule has 0 spiro atoms. The second-order valence-corrected chi connectivity index (χ2v) is 22.3. The molecule has 0 radical (unpaired) electrons. The smallest absolute Gasteiger partial charge is 0.309 e. The van der Waals surface area contributed by atoms with E-state index in [2.05, 4.69) is 64.4 Å². The van der Waals surface area contributed by atoms with Crippen LogP contribution in [0, 0.1) is 56.7 Å². The van der Waals surface area contributed by atoms with Gasteiger partial charge in [-0.2, -0.15) is 0 Å². The molecular formula is C42H70N2O4S. The highest BCUT2D eigenvalue weighted by atomic mass is 32.2. The summed E-state index contributed by atoms with van der Waals surface area (Å²) < 4.78 is 24.0. The van der Waals surface area contributed by atoms with Crippen LogP contribution in [0.5, 0.6) is 0 Å². The molecule has 2 N–H and O–H groups in total. The summed E-state index contributed by atoms with van der Waals surface area (Å²) in [5.41, 5.74) is 3.49. The maximum Gasteiger partial charge on any atom is 0.309 e. The molecule has 1 aliphatic heterocycles. The van der Waals surface area contributed by atoms with Crippen molar-refractivity contribution in [3.8, 4) is 0 Å². The zero-order valence-electron chi connectivity index (χ0n) is 32.4. The van der Waals surface area contributed by atoms with Crippen LogP contribution in [0.3, 0.4) is 0 Å². The Morgan fingerprint density at radius 3 is 2.33 bits per heavy atom. The van der Waals surface area contributed by atoms with E-state index in [1.807, 2.05) is 13.8 Å². The van der Waals surface area contributed by atoms with Crippen molar-refractivity contribution in [3.63, 3.8) is 0 Å². The summed E-state index contributed by atoms with van der Waals surface area (Å²) in [6.07, 6.45) is 16.8. The quantitative estimate of drug-likeness (QED) is 0.223. The first-order valence-corrected chi connectivity index (χ1v) is 21.8. The average molecular weight is 699 g/mol. The monoisotopic (exact) mass is 699 g/mol. The van der Waals surface area contributed by atoms with E-state index in [9.17, 15) is 18.3 Å². The number of hydrogen-bond acceptors (Lipinski definition) is 5. The molecule has 5 fully saturated rings. The molecule has 0 aromatic carbocycles. The van der Waals surface area contributed by atoms with Gasteiger partial charge in [-0.3, -0.25) is 4.79 Å². The predicted molar refractivity (Wildman–Crippen MR) is 201 cm³/mol. The van der Waals surface area contributed by atoms with Crippen molar-refractivity contribution in [1.82, 2.24) is 10.2 Å². The fourth-order valence-electron chi connectivity index (χ4n) is 13.8. The molecule has 1 heterocycles. The first kappa shape index (κ1) is 37.6. The zero-order valence-corrected chi connectivity index (χ0v) is 33.2. The summed E-state index contributed by atoms with van der Waals surface area (Å²) in [4.78, 5) is 14.1. The third kappa shape index (κ3) is 6.13. The lowest BCUT2D eigenvalue weighted by Crippen LogP contribution is -2.68. The van der Waals surface area contributed by atoms with Gasteiger partial charge < -0.3 is 15.3 Å². The Morgan fingerprint density at radius 2 is 1.67 bits per heavy atom. The third-order valence-electron chi connectivity index (χ3n) is 17.0. The molecule has 4 saturated carbocycles. The van der Waals surface area contributed by atoms with Crippen molar-refractivity contribution in [1.29, 1.82) is 0 Å². The molecule has 0 amide bonds. The number of carbonyl (C=O) groups is 1. The molecule has 0 aromatic heterocycles. The number of carboxylic acids is 1. The largest absolute Gasteiger partial charge is 0.481 e. The van der Waals surface area contributed by atoms with Crippen molar-refractivity contribution in [2.45, 2.75) is 138 Å². The Morgan fingerprint density at radius 1 is 0.980 bits per heavy atom. The Kier molecular flexibility index (Phi) is 9.77. The molecule has 1 saturated heterocycles. The van der Waals surface area contributed by atoms with Crippen molar-refractivity contribution >= 4 is 15.8 Å². The van der Waals surface area contributed by atoms with Crippen molar-refractivity contribution in [2.24, 2.45) is 56.7 Å². The van der Waals surface area contributed by atoms with Crippen LogP contribution in [-0.4, -0.2) is 67.6 Å². The molecule has 0 bridgehead atoms. The first-order valence-electron chi connectivity index (χ1n) is 20.0. The Labute approximate surface area is 299 Å². The van der Waals surface area contributed by atoms with Crippen molar-refractivity contribution in [2.75, 3.05) is 37.7 Å². The minimum atomic E-state index is -2.85. The number of carboxylic acid groups (broad SMARTS) is 1. The molecule has 6 aliphatic rings. The van der Waals surface area contributed by atoms with E-state index in [0.29, 0.717) is 65.0 Å². The van der Waals surface area contributed by atoms with Gasteiger partial charge in [-0.25, -0.2) is 8.42 Å². The topological polar surface area (TPSA) is 86.7 Å². The molecule has 9 unspecified atom stereocenters. The Balaban J connectivity index is 1.21. The average Bonchev–Trinajstić information content (AvgIpc) is 3.39. The van der Waals surface area contributed by atoms with Crippen LogP contribution >= 0.6 is 0 Å². The fraction of sp³-hybridized carbons (Fsp3) is 0.881. The molecule has 49 heavy (non-hydrogen) atoms. The lowest BCUT2D eigenvalue weighted by atomic mass is 9.33. The lowest BCUT2D eigenvalue weighted by molar-refractivity contribution is -0.221. The van der Waals surface area contributed by atoms with Crippen LogP contribution in [0.4, 0.5) is 0 Å². The van der Waals surface area contributed by atoms with Gasteiger partial charge >= 0.3 is 5.97 Å². The third-order valence-corrected chi connectivity index (χ3v) is 18.6. The maximum absolute atomic E-state index is 12.0. The van der Waals surface area contributed by atoms with E-state index < -0.39 is 21.2 Å². The van der Waals surface area contributed by atoms with Crippen LogP contribution in [0.25, 0.3) is 0 Å². The molecule has 9 atom stereocenters. The highest BCUT2D eigenvalue weighted by Gasteiger charge is 2.70. The van der Waals surface area contributed by atoms with Gasteiger partial charge in [0, 0.05) is 31.7 Å². The van der Waals surface area contributed by atoms with Gasteiger partial charge in [0.2, 0.25) is 0 Å². The van der Waals surface area contributed by atoms with E-state index >= 15 is 0 Å². The number of aliphatic carboxylic acids is 1. The number of allylic oxidation sites excluding steroid dienone is 3. The lowest BCUT2D eigenvalue weighted by Gasteiger charge is -2.72. The Hall–Kier alpha value is -1.18. The van der Waals surface area contributed by atoms with E-state index in [4.69, 9.17) is 0 Å². The van der Waals surface area contributed by atoms with Crippen molar-refractivity contribution in [3.05, 3.63) is 23.8 Å². The number of nitrogens with one attached hydrogen (secondary N) is 1. The Bertz CT molecular complexity index is 1440. The van der Waals surface area contributed by atoms with E-state index in [0.717, 1.165) is 32.4 Å². The number of fused-ring (bicyclic) bond motifs is 7. The normalized spacial score (nSPS) is 43.0. The minimum absolute atomic E-state index is 0.139. The highest BCUT2D eigenvalue weighted by Crippen LogP contribution is 2.76. The number of hydrogen-bond donors (Lipinski definition) is 2. The number of sulfone groups is 1. The standard InChI is InChI=1S/C42H70N2O4S/c1-29(2)31-15-20-42(43-23-24-44-25-27-49(47,48)28-26-44)22-21-40(8)32(35(31)42)12-13-34-39(7)18-14-30(11-10-17-37(3,4)36(45)46)38(5,6)33(39)16-19-41(34,40)9/h14,31-35,43H,1,10-13,15-28H2,2-9H3,(H,45,46). The maximum atomic E-state index is 12.0. The molecular weight excluding hydrogens is 629 g/mol. The van der Waals surface area contributed by atoms with Crippen LogP contribution < -0.4 is 5.32 Å². The highest BCUT2D eigenvalue weighted by molar-refractivity contribution is 7.91. The number of nitrogens with zero attached hydrogens (tertiary/aromatic N) is 1. The van der Waals surface area contributed by atoms with Gasteiger partial charge in [0.25, 0.3) is 0 Å². The van der Waals surface area contributed by atoms with Gasteiger partial charge in [-0.1, -0.05) is 58.4 Å². The van der Waals surface area contributed by atoms with Gasteiger partial charge in [0.05, 0.1) is 16.9 Å². The SMILES string of the molecule is C=C(C)C1CCC2(NCCN3CCS(=O)(=O)CC3)CCC3(C)C(CCC4C5(C)CC=C(CCCC(C)(C)C(=O)O)C(C)(C)C5CCC43C)C12. The molecule has 278 valence electrons. The van der Waals surface area contributed by atoms with Gasteiger partial charge in [-0.05, 0) is 149 Å². The predicted octanol–water partition coefficient (Wildman–Crippen LogP) is 8.53. The van der Waals surface area contributed by atoms with Crippen LogP contribution in [0.1, 0.15) is 132 Å². The van der Waals surface area contributed by atoms with Crippen molar-refractivity contribution < 1.29 is 18.3 Å². The van der Waals surface area contributed by atoms with Gasteiger partial charge in [0.1, 0.15) is 0 Å². The summed E-state index contributed by atoms with van der Waals surface area (Å²) in [6, 6.07) is 0. The molecule has 0 aromatic rings. The summed E-state index contributed by atoms with van der Waals surface area (Å²) in [7, 11) is -2.85. The second kappa shape index (κ2) is 12.7. The second-order valence-electron chi connectivity index (χ2n) is 20.0. The van der Waals surface area contributed by atoms with E-state index in [1.54, 1.807) is 5.57 Å².